The lowest BCUT2D eigenvalue weighted by atomic mass is 10.1. The summed E-state index contributed by atoms with van der Waals surface area (Å²) in [7, 11) is 2.17. The Labute approximate surface area is 134 Å². The second-order valence-electron chi connectivity index (χ2n) is 5.34. The van der Waals surface area contributed by atoms with Crippen LogP contribution in [-0.4, -0.2) is 11.9 Å². The lowest BCUT2D eigenvalue weighted by Crippen LogP contribution is -2.17. The molecule has 0 heterocycles. The molecule has 114 valence electrons. The molecule has 22 heavy (non-hydrogen) atoms. The fourth-order valence-corrected chi connectivity index (χ4v) is 2.60. The number of rotatable bonds is 4. The molecule has 0 radical (unpaired) electrons. The van der Waals surface area contributed by atoms with Crippen LogP contribution in [0.4, 0.5) is 0 Å². The fraction of sp³-hybridized carbons (Fsp3) is 0.238. The van der Waals surface area contributed by atoms with E-state index in [2.05, 4.69) is 84.7 Å². The average molecular weight is 291 g/mol. The molecule has 0 fully saturated rings. The zero-order valence-electron chi connectivity index (χ0n) is 13.8. The first kappa shape index (κ1) is 16.3. The van der Waals surface area contributed by atoms with E-state index in [1.807, 2.05) is 13.8 Å². The molecule has 0 saturated carbocycles. The summed E-state index contributed by atoms with van der Waals surface area (Å²) in [6.45, 7) is 5.95. The lowest BCUT2D eigenvalue weighted by Gasteiger charge is -2.17. The summed E-state index contributed by atoms with van der Waals surface area (Å²) >= 11 is 0. The van der Waals surface area contributed by atoms with Gasteiger partial charge in [-0.2, -0.15) is 0 Å². The van der Waals surface area contributed by atoms with Gasteiger partial charge in [-0.15, -0.1) is 0 Å². The van der Waals surface area contributed by atoms with E-state index in [9.17, 15) is 0 Å². The van der Waals surface area contributed by atoms with Crippen molar-refractivity contribution in [3.05, 3.63) is 83.9 Å². The molecule has 0 amide bonds. The number of nitrogens with zero attached hydrogens (tertiary/aromatic N) is 1. The minimum absolute atomic E-state index is 0.972. The molecule has 1 heteroatoms. The Balaban J connectivity index is 0.000000847. The van der Waals surface area contributed by atoms with Crippen LogP contribution >= 0.6 is 0 Å². The maximum Gasteiger partial charge on any atom is 0.0234 e. The van der Waals surface area contributed by atoms with E-state index in [-0.39, 0.29) is 0 Å². The molecule has 1 nitrogen and oxygen atoms in total. The highest BCUT2D eigenvalue weighted by molar-refractivity contribution is 5.82. The Bertz CT molecular complexity index is 688. The van der Waals surface area contributed by atoms with Crippen molar-refractivity contribution in [2.45, 2.75) is 26.9 Å². The van der Waals surface area contributed by atoms with E-state index in [0.29, 0.717) is 0 Å². The van der Waals surface area contributed by atoms with Crippen LogP contribution in [0.5, 0.6) is 0 Å². The van der Waals surface area contributed by atoms with Crippen LogP contribution in [0.25, 0.3) is 10.8 Å². The second kappa shape index (κ2) is 8.35. The smallest absolute Gasteiger partial charge is 0.0234 e. The molecule has 3 rings (SSSR count). The van der Waals surface area contributed by atoms with Crippen LogP contribution < -0.4 is 0 Å². The van der Waals surface area contributed by atoms with Gasteiger partial charge in [0.2, 0.25) is 0 Å². The number of hydrogen-bond donors (Lipinski definition) is 0. The largest absolute Gasteiger partial charge is 0.298 e. The van der Waals surface area contributed by atoms with E-state index in [0.717, 1.165) is 13.1 Å². The molecular formula is C21H25N. The van der Waals surface area contributed by atoms with Gasteiger partial charge in [0, 0.05) is 13.1 Å². The summed E-state index contributed by atoms with van der Waals surface area (Å²) < 4.78 is 0. The van der Waals surface area contributed by atoms with Crippen LogP contribution in [0.1, 0.15) is 25.0 Å². The monoisotopic (exact) mass is 291 g/mol. The topological polar surface area (TPSA) is 3.24 Å². The van der Waals surface area contributed by atoms with Crippen molar-refractivity contribution in [2.75, 3.05) is 7.05 Å². The van der Waals surface area contributed by atoms with E-state index >= 15 is 0 Å². The number of hydrogen-bond acceptors (Lipinski definition) is 1. The standard InChI is InChI=1S/C19H19N.C2H6/c1-20(14-16-7-3-2-4-8-16)15-17-11-12-18-9-5-6-10-19(18)13-17;1-2/h2-13H,14-15H2,1H3;1-2H3. The minimum atomic E-state index is 0.972. The highest BCUT2D eigenvalue weighted by atomic mass is 15.1. The molecule has 0 aliphatic carbocycles. The molecule has 0 unspecified atom stereocenters. The Morgan fingerprint density at radius 2 is 1.23 bits per heavy atom. The Morgan fingerprint density at radius 3 is 1.95 bits per heavy atom. The van der Waals surface area contributed by atoms with Gasteiger partial charge in [0.1, 0.15) is 0 Å². The van der Waals surface area contributed by atoms with Gasteiger partial charge >= 0.3 is 0 Å². The second-order valence-corrected chi connectivity index (χ2v) is 5.34. The quantitative estimate of drug-likeness (QED) is 0.613. The summed E-state index contributed by atoms with van der Waals surface area (Å²) in [6.07, 6.45) is 0. The van der Waals surface area contributed by atoms with Crippen molar-refractivity contribution in [1.29, 1.82) is 0 Å². The first-order chi connectivity index (χ1) is 10.8. The summed E-state index contributed by atoms with van der Waals surface area (Å²) in [5, 5.41) is 2.63. The van der Waals surface area contributed by atoms with Gasteiger partial charge in [0.05, 0.1) is 0 Å². The van der Waals surface area contributed by atoms with Crippen LogP contribution in [0.15, 0.2) is 72.8 Å². The Morgan fingerprint density at radius 1 is 0.636 bits per heavy atom. The molecule has 0 spiro atoms. The number of benzene rings is 3. The SMILES string of the molecule is CC.CN(Cc1ccccc1)Cc1ccc2ccccc2c1. The van der Waals surface area contributed by atoms with Gasteiger partial charge in [0.25, 0.3) is 0 Å². The Hall–Kier alpha value is -2.12. The molecule has 0 aliphatic rings. The molecule has 0 aromatic heterocycles. The molecule has 0 saturated heterocycles. The first-order valence-corrected chi connectivity index (χ1v) is 8.01. The van der Waals surface area contributed by atoms with Gasteiger partial charge in [-0.05, 0) is 35.0 Å². The first-order valence-electron chi connectivity index (χ1n) is 8.01. The zero-order chi connectivity index (χ0) is 15.8. The van der Waals surface area contributed by atoms with Gasteiger partial charge in [0.15, 0.2) is 0 Å². The van der Waals surface area contributed by atoms with Gasteiger partial charge in [-0.25, -0.2) is 0 Å². The summed E-state index contributed by atoms with van der Waals surface area (Å²) in [4.78, 5) is 2.35. The van der Waals surface area contributed by atoms with Crippen LogP contribution in [0, 0.1) is 0 Å². The Kier molecular flexibility index (Phi) is 6.17. The van der Waals surface area contributed by atoms with E-state index in [1.165, 1.54) is 21.9 Å². The van der Waals surface area contributed by atoms with Crippen molar-refractivity contribution in [3.8, 4) is 0 Å². The number of fused-ring (bicyclic) bond motifs is 1. The van der Waals surface area contributed by atoms with E-state index in [1.54, 1.807) is 0 Å². The van der Waals surface area contributed by atoms with E-state index in [4.69, 9.17) is 0 Å². The van der Waals surface area contributed by atoms with Crippen molar-refractivity contribution < 1.29 is 0 Å². The maximum atomic E-state index is 2.35. The molecule has 3 aromatic carbocycles. The normalized spacial score (nSPS) is 10.4. The predicted octanol–water partition coefficient (Wildman–Crippen LogP) is 5.50. The average Bonchev–Trinajstić information content (AvgIpc) is 2.57. The third-order valence-electron chi connectivity index (χ3n) is 3.56. The van der Waals surface area contributed by atoms with Crippen molar-refractivity contribution in [3.63, 3.8) is 0 Å². The van der Waals surface area contributed by atoms with Crippen molar-refractivity contribution in [1.82, 2.24) is 4.90 Å². The maximum absolute atomic E-state index is 2.35. The minimum Gasteiger partial charge on any atom is -0.298 e. The van der Waals surface area contributed by atoms with E-state index < -0.39 is 0 Å². The highest BCUT2D eigenvalue weighted by Gasteiger charge is 2.02. The van der Waals surface area contributed by atoms with Crippen LogP contribution in [0.3, 0.4) is 0 Å². The molecule has 0 N–H and O–H groups in total. The fourth-order valence-electron chi connectivity index (χ4n) is 2.60. The van der Waals surface area contributed by atoms with Gasteiger partial charge in [-0.3, -0.25) is 4.90 Å². The van der Waals surface area contributed by atoms with Gasteiger partial charge < -0.3 is 0 Å². The predicted molar refractivity (Wildman–Crippen MR) is 96.9 cm³/mol. The third-order valence-corrected chi connectivity index (χ3v) is 3.56. The summed E-state index contributed by atoms with van der Waals surface area (Å²) in [6, 6.07) is 25.9. The zero-order valence-corrected chi connectivity index (χ0v) is 13.8. The third kappa shape index (κ3) is 4.44. The summed E-state index contributed by atoms with van der Waals surface area (Å²) in [5.74, 6) is 0. The highest BCUT2D eigenvalue weighted by Crippen LogP contribution is 2.17. The molecule has 0 aliphatic heterocycles. The van der Waals surface area contributed by atoms with Crippen molar-refractivity contribution in [2.24, 2.45) is 0 Å². The van der Waals surface area contributed by atoms with Crippen molar-refractivity contribution >= 4 is 10.8 Å². The van der Waals surface area contributed by atoms with Crippen LogP contribution in [-0.2, 0) is 13.1 Å². The molecule has 3 aromatic rings. The molecular weight excluding hydrogens is 266 g/mol. The summed E-state index contributed by atoms with van der Waals surface area (Å²) in [5.41, 5.74) is 2.72. The molecule has 0 bridgehead atoms. The lowest BCUT2D eigenvalue weighted by molar-refractivity contribution is 0.319. The molecule has 0 atom stereocenters. The van der Waals surface area contributed by atoms with Crippen LogP contribution in [0.2, 0.25) is 0 Å². The van der Waals surface area contributed by atoms with Gasteiger partial charge in [-0.1, -0.05) is 80.6 Å².